The third-order valence-electron chi connectivity index (χ3n) is 6.72. The highest BCUT2D eigenvalue weighted by molar-refractivity contribution is 5.79. The van der Waals surface area contributed by atoms with E-state index in [0.29, 0.717) is 32.7 Å². The maximum Gasteiger partial charge on any atom is 0.225 e. The molecule has 0 saturated carbocycles. The molecule has 0 N–H and O–H groups in total. The summed E-state index contributed by atoms with van der Waals surface area (Å²) in [6, 6.07) is 9.82. The Morgan fingerprint density at radius 1 is 0.933 bits per heavy atom. The van der Waals surface area contributed by atoms with Gasteiger partial charge in [-0.2, -0.15) is 0 Å². The van der Waals surface area contributed by atoms with E-state index in [1.807, 2.05) is 40.1 Å². The molecule has 0 aliphatic carbocycles. The Morgan fingerprint density at radius 2 is 1.67 bits per heavy atom. The Kier molecular flexibility index (Phi) is 7.26. The molecule has 4 rings (SSSR count). The van der Waals surface area contributed by atoms with Crippen LogP contribution in [0.4, 0.5) is 0 Å². The largest absolute Gasteiger partial charge is 0.490 e. The second kappa shape index (κ2) is 10.3. The number of piperidine rings is 2. The van der Waals surface area contributed by atoms with Crippen molar-refractivity contribution in [2.45, 2.75) is 51.0 Å². The summed E-state index contributed by atoms with van der Waals surface area (Å²) in [5, 5.41) is 0. The molecule has 0 aromatic heterocycles. The van der Waals surface area contributed by atoms with Gasteiger partial charge in [-0.25, -0.2) is 0 Å². The summed E-state index contributed by atoms with van der Waals surface area (Å²) in [5.74, 6) is 1.36. The molecule has 3 aliphatic rings. The van der Waals surface area contributed by atoms with Crippen LogP contribution in [0.2, 0.25) is 0 Å². The Labute approximate surface area is 179 Å². The topological polar surface area (TPSA) is 59.1 Å². The first-order chi connectivity index (χ1) is 14.7. The molecule has 30 heavy (non-hydrogen) atoms. The predicted molar refractivity (Wildman–Crippen MR) is 114 cm³/mol. The van der Waals surface area contributed by atoms with E-state index in [-0.39, 0.29) is 29.8 Å². The molecule has 1 aromatic carbocycles. The Bertz CT molecular complexity index is 698. The highest BCUT2D eigenvalue weighted by Crippen LogP contribution is 2.29. The molecule has 6 nitrogen and oxygen atoms in total. The molecule has 3 heterocycles. The summed E-state index contributed by atoms with van der Waals surface area (Å²) in [4.78, 5) is 30.1. The summed E-state index contributed by atoms with van der Waals surface area (Å²) >= 11 is 0. The van der Waals surface area contributed by atoms with Crippen molar-refractivity contribution in [1.82, 2.24) is 9.80 Å². The van der Waals surface area contributed by atoms with Gasteiger partial charge >= 0.3 is 0 Å². The number of para-hydroxylation sites is 1. The van der Waals surface area contributed by atoms with Gasteiger partial charge in [-0.3, -0.25) is 9.59 Å². The fraction of sp³-hybridized carbons (Fsp3) is 0.667. The van der Waals surface area contributed by atoms with Crippen LogP contribution in [0.25, 0.3) is 0 Å². The van der Waals surface area contributed by atoms with Gasteiger partial charge in [0.15, 0.2) is 0 Å². The molecule has 0 unspecified atom stereocenters. The van der Waals surface area contributed by atoms with Crippen molar-refractivity contribution in [2.24, 2.45) is 11.8 Å². The minimum Gasteiger partial charge on any atom is -0.490 e. The van der Waals surface area contributed by atoms with Crippen molar-refractivity contribution >= 4 is 11.8 Å². The second-order valence-electron chi connectivity index (χ2n) is 8.83. The molecule has 3 fully saturated rings. The molecule has 0 spiro atoms. The molecule has 0 bridgehead atoms. The van der Waals surface area contributed by atoms with Gasteiger partial charge in [-0.15, -0.1) is 0 Å². The third-order valence-corrected chi connectivity index (χ3v) is 6.72. The van der Waals surface area contributed by atoms with Crippen LogP contribution in [-0.4, -0.2) is 67.1 Å². The number of nitrogens with zero attached hydrogens (tertiary/aromatic N) is 2. The monoisotopic (exact) mass is 414 g/mol. The average molecular weight is 415 g/mol. The van der Waals surface area contributed by atoms with E-state index < -0.39 is 0 Å². The molecule has 2 atom stereocenters. The minimum atomic E-state index is -0.0418. The predicted octanol–water partition coefficient (Wildman–Crippen LogP) is 3.11. The van der Waals surface area contributed by atoms with Crippen LogP contribution in [0.3, 0.4) is 0 Å². The Balaban J connectivity index is 1.43. The quantitative estimate of drug-likeness (QED) is 0.743. The summed E-state index contributed by atoms with van der Waals surface area (Å²) in [6.07, 6.45) is 6.17. The SMILES string of the molecule is O=C(C[C@H]1CN(C(=O)C2CCOCC2)CC[C@@H]1Oc1ccccc1)N1CCCCC1. The molecule has 2 amide bonds. The maximum absolute atomic E-state index is 13.1. The Hall–Kier alpha value is -2.08. The van der Waals surface area contributed by atoms with Gasteiger partial charge < -0.3 is 19.3 Å². The zero-order chi connectivity index (χ0) is 20.8. The number of carbonyl (C=O) groups excluding carboxylic acids is 2. The van der Waals surface area contributed by atoms with Crippen molar-refractivity contribution in [3.8, 4) is 5.75 Å². The zero-order valence-corrected chi connectivity index (χ0v) is 17.8. The van der Waals surface area contributed by atoms with Gasteiger partial charge in [0, 0.05) is 64.1 Å². The van der Waals surface area contributed by atoms with E-state index in [0.717, 1.165) is 50.9 Å². The van der Waals surface area contributed by atoms with Crippen LogP contribution in [0.5, 0.6) is 5.75 Å². The van der Waals surface area contributed by atoms with E-state index in [2.05, 4.69) is 0 Å². The molecular weight excluding hydrogens is 380 g/mol. The highest BCUT2D eigenvalue weighted by atomic mass is 16.5. The lowest BCUT2D eigenvalue weighted by Gasteiger charge is -2.40. The van der Waals surface area contributed by atoms with Crippen LogP contribution < -0.4 is 4.74 Å². The fourth-order valence-corrected chi connectivity index (χ4v) is 4.94. The van der Waals surface area contributed by atoms with Crippen LogP contribution in [0, 0.1) is 11.8 Å². The van der Waals surface area contributed by atoms with Gasteiger partial charge in [0.25, 0.3) is 0 Å². The van der Waals surface area contributed by atoms with E-state index >= 15 is 0 Å². The molecule has 3 aliphatic heterocycles. The van der Waals surface area contributed by atoms with E-state index in [1.54, 1.807) is 0 Å². The lowest BCUT2D eigenvalue weighted by molar-refractivity contribution is -0.144. The smallest absolute Gasteiger partial charge is 0.225 e. The van der Waals surface area contributed by atoms with Crippen LogP contribution in [0.15, 0.2) is 30.3 Å². The van der Waals surface area contributed by atoms with Crippen molar-refractivity contribution in [3.63, 3.8) is 0 Å². The fourth-order valence-electron chi connectivity index (χ4n) is 4.94. The molecule has 164 valence electrons. The zero-order valence-electron chi connectivity index (χ0n) is 17.8. The summed E-state index contributed by atoms with van der Waals surface area (Å²) in [7, 11) is 0. The number of hydrogen-bond donors (Lipinski definition) is 0. The summed E-state index contributed by atoms with van der Waals surface area (Å²) in [5.41, 5.74) is 0. The molecule has 1 aromatic rings. The van der Waals surface area contributed by atoms with Crippen molar-refractivity contribution in [2.75, 3.05) is 39.4 Å². The molecular formula is C24H34N2O4. The average Bonchev–Trinajstić information content (AvgIpc) is 2.81. The first kappa shape index (κ1) is 21.2. The standard InChI is InChI=1S/C24H34N2O4/c27-23(25-12-5-2-6-13-25)17-20-18-26(24(28)19-10-15-29-16-11-19)14-9-22(20)30-21-7-3-1-4-8-21/h1,3-4,7-8,19-20,22H,2,5-6,9-18H2/t20-,22-/m0/s1. The number of amides is 2. The number of carbonyl (C=O) groups is 2. The maximum atomic E-state index is 13.1. The number of benzene rings is 1. The van der Waals surface area contributed by atoms with Crippen molar-refractivity contribution in [3.05, 3.63) is 30.3 Å². The van der Waals surface area contributed by atoms with Crippen LogP contribution >= 0.6 is 0 Å². The highest BCUT2D eigenvalue weighted by Gasteiger charge is 2.37. The number of ether oxygens (including phenoxy) is 2. The molecule has 0 radical (unpaired) electrons. The number of rotatable bonds is 5. The Morgan fingerprint density at radius 3 is 2.40 bits per heavy atom. The van der Waals surface area contributed by atoms with Gasteiger partial charge in [0.1, 0.15) is 11.9 Å². The first-order valence-corrected chi connectivity index (χ1v) is 11.6. The summed E-state index contributed by atoms with van der Waals surface area (Å²) in [6.45, 7) is 4.36. The van der Waals surface area contributed by atoms with Gasteiger partial charge in [-0.05, 0) is 44.2 Å². The van der Waals surface area contributed by atoms with Crippen LogP contribution in [-0.2, 0) is 14.3 Å². The van der Waals surface area contributed by atoms with Gasteiger partial charge in [-0.1, -0.05) is 18.2 Å². The minimum absolute atomic E-state index is 0.0252. The van der Waals surface area contributed by atoms with Crippen molar-refractivity contribution < 1.29 is 19.1 Å². The normalized spacial score (nSPS) is 25.7. The molecule has 6 heteroatoms. The second-order valence-corrected chi connectivity index (χ2v) is 8.83. The number of likely N-dealkylation sites (tertiary alicyclic amines) is 2. The van der Waals surface area contributed by atoms with E-state index in [4.69, 9.17) is 9.47 Å². The third kappa shape index (κ3) is 5.34. The van der Waals surface area contributed by atoms with Gasteiger partial charge in [0.05, 0.1) is 0 Å². The lowest BCUT2D eigenvalue weighted by Crippen LogP contribution is -2.51. The van der Waals surface area contributed by atoms with Gasteiger partial charge in [0.2, 0.25) is 11.8 Å². The molecule has 3 saturated heterocycles. The summed E-state index contributed by atoms with van der Waals surface area (Å²) < 4.78 is 11.7. The lowest BCUT2D eigenvalue weighted by atomic mass is 9.89. The van der Waals surface area contributed by atoms with Crippen molar-refractivity contribution in [1.29, 1.82) is 0 Å². The first-order valence-electron chi connectivity index (χ1n) is 11.6. The van der Waals surface area contributed by atoms with Crippen LogP contribution in [0.1, 0.15) is 44.9 Å². The number of hydrogen-bond acceptors (Lipinski definition) is 4. The van der Waals surface area contributed by atoms with E-state index in [9.17, 15) is 9.59 Å². The van der Waals surface area contributed by atoms with E-state index in [1.165, 1.54) is 6.42 Å².